The summed E-state index contributed by atoms with van der Waals surface area (Å²) in [6.45, 7) is 8.03. The van der Waals surface area contributed by atoms with Gasteiger partial charge in [-0.1, -0.05) is 19.9 Å². The number of nitrogens with zero attached hydrogens (tertiary/aromatic N) is 2. The number of hydrogen-bond acceptors (Lipinski definition) is 3. The highest BCUT2D eigenvalue weighted by Crippen LogP contribution is 2.13. The average molecular weight is 234 g/mol. The molecule has 0 atom stereocenters. The fraction of sp³-hybridized carbons (Fsp3) is 0.538. The first-order valence-electron chi connectivity index (χ1n) is 6.00. The Morgan fingerprint density at radius 3 is 2.71 bits per heavy atom. The summed E-state index contributed by atoms with van der Waals surface area (Å²) in [6.07, 6.45) is 0.586. The van der Waals surface area contributed by atoms with Crippen molar-refractivity contribution in [2.45, 2.75) is 27.2 Å². The molecule has 4 heteroatoms. The molecule has 3 N–H and O–H groups in total. The molecule has 0 saturated carbocycles. The van der Waals surface area contributed by atoms with E-state index in [4.69, 9.17) is 11.1 Å². The first-order valence-corrected chi connectivity index (χ1v) is 6.00. The van der Waals surface area contributed by atoms with Gasteiger partial charge in [0.1, 0.15) is 5.82 Å². The zero-order chi connectivity index (χ0) is 12.8. The average Bonchev–Trinajstić information content (AvgIpc) is 2.23. The Kier molecular flexibility index (Phi) is 4.94. The zero-order valence-corrected chi connectivity index (χ0v) is 10.9. The van der Waals surface area contributed by atoms with Crippen LogP contribution in [0.4, 0.5) is 5.82 Å². The molecular formula is C13H22N4. The molecule has 0 aliphatic rings. The molecule has 0 aliphatic carbocycles. The van der Waals surface area contributed by atoms with Gasteiger partial charge in [0.25, 0.3) is 0 Å². The third-order valence-electron chi connectivity index (χ3n) is 2.43. The highest BCUT2D eigenvalue weighted by atomic mass is 15.2. The quantitative estimate of drug-likeness (QED) is 0.585. The lowest BCUT2D eigenvalue weighted by molar-refractivity contribution is 0.608. The number of hydrogen-bond donors (Lipinski definition) is 2. The van der Waals surface area contributed by atoms with Crippen LogP contribution < -0.4 is 10.6 Å². The SMILES string of the molecule is Cc1cccc(N(CCC(=N)N)CC(C)C)n1. The lowest BCUT2D eigenvalue weighted by Crippen LogP contribution is -2.31. The van der Waals surface area contributed by atoms with Crippen molar-refractivity contribution >= 4 is 11.7 Å². The van der Waals surface area contributed by atoms with Gasteiger partial charge in [0.15, 0.2) is 0 Å². The minimum Gasteiger partial charge on any atom is -0.388 e. The van der Waals surface area contributed by atoms with Gasteiger partial charge >= 0.3 is 0 Å². The summed E-state index contributed by atoms with van der Waals surface area (Å²) in [7, 11) is 0. The van der Waals surface area contributed by atoms with Crippen LogP contribution in [0.15, 0.2) is 18.2 Å². The van der Waals surface area contributed by atoms with Crippen LogP contribution in [-0.2, 0) is 0 Å². The summed E-state index contributed by atoms with van der Waals surface area (Å²) in [6, 6.07) is 6.01. The summed E-state index contributed by atoms with van der Waals surface area (Å²) in [5.41, 5.74) is 6.43. The van der Waals surface area contributed by atoms with E-state index in [1.54, 1.807) is 0 Å². The van der Waals surface area contributed by atoms with E-state index in [0.29, 0.717) is 12.3 Å². The molecule has 94 valence electrons. The Morgan fingerprint density at radius 1 is 1.47 bits per heavy atom. The van der Waals surface area contributed by atoms with Crippen molar-refractivity contribution < 1.29 is 0 Å². The van der Waals surface area contributed by atoms with Gasteiger partial charge < -0.3 is 10.6 Å². The second kappa shape index (κ2) is 6.23. The van der Waals surface area contributed by atoms with Gasteiger partial charge in [-0.15, -0.1) is 0 Å². The van der Waals surface area contributed by atoms with Gasteiger partial charge in [0, 0.05) is 25.2 Å². The molecule has 0 radical (unpaired) electrons. The predicted octanol–water partition coefficient (Wildman–Crippen LogP) is 2.18. The molecule has 0 aromatic carbocycles. The second-order valence-corrected chi connectivity index (χ2v) is 4.75. The maximum absolute atomic E-state index is 7.31. The molecule has 0 bridgehead atoms. The number of nitrogens with two attached hydrogens (primary N) is 1. The number of anilines is 1. The van der Waals surface area contributed by atoms with Crippen molar-refractivity contribution in [2.75, 3.05) is 18.0 Å². The smallest absolute Gasteiger partial charge is 0.128 e. The van der Waals surface area contributed by atoms with Crippen LogP contribution in [0.2, 0.25) is 0 Å². The Morgan fingerprint density at radius 2 is 2.18 bits per heavy atom. The second-order valence-electron chi connectivity index (χ2n) is 4.75. The monoisotopic (exact) mass is 234 g/mol. The van der Waals surface area contributed by atoms with Gasteiger partial charge in [0.05, 0.1) is 5.84 Å². The van der Waals surface area contributed by atoms with Gasteiger partial charge in [-0.25, -0.2) is 4.98 Å². The molecular weight excluding hydrogens is 212 g/mol. The first-order chi connectivity index (χ1) is 7.99. The molecule has 0 aliphatic heterocycles. The molecule has 1 rings (SSSR count). The molecule has 1 heterocycles. The highest BCUT2D eigenvalue weighted by Gasteiger charge is 2.10. The Labute approximate surface area is 103 Å². The van der Waals surface area contributed by atoms with Crippen LogP contribution in [0, 0.1) is 18.3 Å². The van der Waals surface area contributed by atoms with Crippen LogP contribution in [0.25, 0.3) is 0 Å². The summed E-state index contributed by atoms with van der Waals surface area (Å²) >= 11 is 0. The van der Waals surface area contributed by atoms with Crippen LogP contribution in [0.5, 0.6) is 0 Å². The highest BCUT2D eigenvalue weighted by molar-refractivity contribution is 5.77. The molecule has 1 aromatic rings. The normalized spacial score (nSPS) is 10.6. The lowest BCUT2D eigenvalue weighted by atomic mass is 10.2. The van der Waals surface area contributed by atoms with E-state index in [1.807, 2.05) is 25.1 Å². The number of pyridine rings is 1. The molecule has 17 heavy (non-hydrogen) atoms. The van der Waals surface area contributed by atoms with Crippen molar-refractivity contribution in [1.29, 1.82) is 5.41 Å². The minimum absolute atomic E-state index is 0.228. The number of aryl methyl sites for hydroxylation is 1. The van der Waals surface area contributed by atoms with E-state index in [-0.39, 0.29) is 5.84 Å². The number of rotatable bonds is 6. The molecule has 0 amide bonds. The summed E-state index contributed by atoms with van der Waals surface area (Å²) < 4.78 is 0. The van der Waals surface area contributed by atoms with Gasteiger partial charge in [-0.05, 0) is 25.0 Å². The Balaban J connectivity index is 2.77. The van der Waals surface area contributed by atoms with E-state index in [0.717, 1.165) is 24.6 Å². The fourth-order valence-electron chi connectivity index (χ4n) is 1.70. The lowest BCUT2D eigenvalue weighted by Gasteiger charge is -2.25. The van der Waals surface area contributed by atoms with Gasteiger partial charge in [-0.3, -0.25) is 5.41 Å². The van der Waals surface area contributed by atoms with Crippen LogP contribution in [0.3, 0.4) is 0 Å². The van der Waals surface area contributed by atoms with E-state index < -0.39 is 0 Å². The Bertz CT molecular complexity index is 373. The maximum Gasteiger partial charge on any atom is 0.128 e. The van der Waals surface area contributed by atoms with Crippen molar-refractivity contribution in [2.24, 2.45) is 11.7 Å². The van der Waals surface area contributed by atoms with Crippen LogP contribution in [-0.4, -0.2) is 23.9 Å². The third kappa shape index (κ3) is 4.85. The van der Waals surface area contributed by atoms with Crippen molar-refractivity contribution in [3.8, 4) is 0 Å². The fourth-order valence-corrected chi connectivity index (χ4v) is 1.70. The largest absolute Gasteiger partial charge is 0.388 e. The molecule has 4 nitrogen and oxygen atoms in total. The molecule has 0 saturated heterocycles. The number of aromatic nitrogens is 1. The summed E-state index contributed by atoms with van der Waals surface area (Å²) in [5, 5.41) is 7.31. The maximum atomic E-state index is 7.31. The van der Waals surface area contributed by atoms with E-state index >= 15 is 0 Å². The molecule has 0 fully saturated rings. The molecule has 0 unspecified atom stereocenters. The van der Waals surface area contributed by atoms with Gasteiger partial charge in [-0.2, -0.15) is 0 Å². The third-order valence-corrected chi connectivity index (χ3v) is 2.43. The Hall–Kier alpha value is -1.58. The topological polar surface area (TPSA) is 66.0 Å². The van der Waals surface area contributed by atoms with Crippen molar-refractivity contribution in [3.05, 3.63) is 23.9 Å². The van der Waals surface area contributed by atoms with Crippen LogP contribution >= 0.6 is 0 Å². The number of amidine groups is 1. The van der Waals surface area contributed by atoms with Crippen molar-refractivity contribution in [1.82, 2.24) is 4.98 Å². The first kappa shape index (κ1) is 13.5. The zero-order valence-electron chi connectivity index (χ0n) is 10.9. The standard InChI is InChI=1S/C13H22N4/c1-10(2)9-17(8-7-12(14)15)13-6-4-5-11(3)16-13/h4-6,10H,7-9H2,1-3H3,(H3,14,15). The van der Waals surface area contributed by atoms with E-state index in [1.165, 1.54) is 0 Å². The minimum atomic E-state index is 0.228. The molecule has 0 spiro atoms. The van der Waals surface area contributed by atoms with Crippen molar-refractivity contribution in [3.63, 3.8) is 0 Å². The van der Waals surface area contributed by atoms with Gasteiger partial charge in [0.2, 0.25) is 0 Å². The predicted molar refractivity (Wildman–Crippen MR) is 72.6 cm³/mol. The number of nitrogens with one attached hydrogen (secondary N) is 1. The molecule has 1 aromatic heterocycles. The van der Waals surface area contributed by atoms with E-state index in [9.17, 15) is 0 Å². The summed E-state index contributed by atoms with van der Waals surface area (Å²) in [5.74, 6) is 1.76. The summed E-state index contributed by atoms with van der Waals surface area (Å²) in [4.78, 5) is 6.71. The van der Waals surface area contributed by atoms with Crippen LogP contribution in [0.1, 0.15) is 26.0 Å². The van der Waals surface area contributed by atoms with E-state index in [2.05, 4.69) is 23.7 Å².